The molecule has 6 aromatic rings. The maximum Gasteiger partial charge on any atom is 0.144 e. The van der Waals surface area contributed by atoms with Crippen LogP contribution in [0.5, 0.6) is 0 Å². The van der Waals surface area contributed by atoms with Crippen molar-refractivity contribution in [3.05, 3.63) is 84.9 Å². The van der Waals surface area contributed by atoms with E-state index in [0.717, 1.165) is 38.7 Å². The molecule has 0 atom stereocenters. The van der Waals surface area contributed by atoms with Gasteiger partial charge in [-0.2, -0.15) is 0 Å². The Bertz CT molecular complexity index is 1620. The molecule has 31 heavy (non-hydrogen) atoms. The third kappa shape index (κ3) is 2.81. The summed E-state index contributed by atoms with van der Waals surface area (Å²) in [6, 6.07) is 29.9. The molecule has 0 N–H and O–H groups in total. The Morgan fingerprint density at radius 1 is 0.710 bits per heavy atom. The standard InChI is InChI=1S/C28H23NOSi/c1-31(2,3)26-17-24(29-23-16-15-18-9-4-5-10-19(18)27(23)26)22-13-8-12-21-20-11-6-7-14-25(20)30-28(21)22/h4-17H,1-3H3. The zero-order chi connectivity index (χ0) is 21.2. The van der Waals surface area contributed by atoms with E-state index < -0.39 is 8.07 Å². The van der Waals surface area contributed by atoms with Crippen LogP contribution in [0.4, 0.5) is 0 Å². The van der Waals surface area contributed by atoms with E-state index in [1.165, 1.54) is 21.3 Å². The van der Waals surface area contributed by atoms with Crippen molar-refractivity contribution in [1.29, 1.82) is 0 Å². The Hall–Kier alpha value is -3.43. The molecule has 0 amide bonds. The molecule has 150 valence electrons. The summed E-state index contributed by atoms with van der Waals surface area (Å²) in [4.78, 5) is 5.15. The SMILES string of the molecule is C[Si](C)(C)c1cc(-c2cccc3c2oc2ccccc23)nc2ccc3ccccc3c12. The number of aromatic nitrogens is 1. The van der Waals surface area contributed by atoms with Crippen molar-refractivity contribution >= 4 is 56.9 Å². The van der Waals surface area contributed by atoms with E-state index in [1.54, 1.807) is 0 Å². The molecule has 0 aliphatic carbocycles. The van der Waals surface area contributed by atoms with E-state index >= 15 is 0 Å². The first-order valence-electron chi connectivity index (χ1n) is 10.7. The summed E-state index contributed by atoms with van der Waals surface area (Å²) in [5.41, 5.74) is 4.94. The zero-order valence-corrected chi connectivity index (χ0v) is 18.9. The fraction of sp³-hybridized carbons (Fsp3) is 0.107. The monoisotopic (exact) mass is 417 g/mol. The van der Waals surface area contributed by atoms with Gasteiger partial charge in [-0.05, 0) is 40.2 Å². The van der Waals surface area contributed by atoms with E-state index in [4.69, 9.17) is 9.40 Å². The number of hydrogen-bond acceptors (Lipinski definition) is 2. The van der Waals surface area contributed by atoms with Gasteiger partial charge in [0.15, 0.2) is 0 Å². The second kappa shape index (κ2) is 6.53. The van der Waals surface area contributed by atoms with Gasteiger partial charge in [0.1, 0.15) is 11.2 Å². The molecule has 2 nitrogen and oxygen atoms in total. The van der Waals surface area contributed by atoms with Crippen LogP contribution in [0.2, 0.25) is 19.6 Å². The van der Waals surface area contributed by atoms with Crippen LogP contribution in [0.1, 0.15) is 0 Å². The third-order valence-corrected chi connectivity index (χ3v) is 8.20. The molecule has 6 rings (SSSR count). The Labute approximate surface area is 182 Å². The van der Waals surface area contributed by atoms with Crippen molar-refractivity contribution in [1.82, 2.24) is 4.98 Å². The van der Waals surface area contributed by atoms with E-state index in [1.807, 2.05) is 12.1 Å². The van der Waals surface area contributed by atoms with Gasteiger partial charge in [0.05, 0.1) is 19.3 Å². The van der Waals surface area contributed by atoms with Crippen LogP contribution in [-0.2, 0) is 0 Å². The lowest BCUT2D eigenvalue weighted by molar-refractivity contribution is 0.670. The summed E-state index contributed by atoms with van der Waals surface area (Å²) in [6.07, 6.45) is 0. The Balaban J connectivity index is 1.72. The summed E-state index contributed by atoms with van der Waals surface area (Å²) < 4.78 is 6.32. The van der Waals surface area contributed by atoms with Crippen molar-refractivity contribution < 1.29 is 4.42 Å². The van der Waals surface area contributed by atoms with Gasteiger partial charge in [-0.1, -0.05) is 80.3 Å². The summed E-state index contributed by atoms with van der Waals surface area (Å²) in [5.74, 6) is 0. The van der Waals surface area contributed by atoms with E-state index in [2.05, 4.69) is 92.4 Å². The van der Waals surface area contributed by atoms with Crippen LogP contribution in [0.3, 0.4) is 0 Å². The first kappa shape index (κ1) is 18.3. The van der Waals surface area contributed by atoms with Crippen LogP contribution in [0.25, 0.3) is 54.9 Å². The lowest BCUT2D eigenvalue weighted by Gasteiger charge is -2.21. The molecule has 0 spiro atoms. The molecule has 0 aliphatic heterocycles. The highest BCUT2D eigenvalue weighted by atomic mass is 28.3. The number of para-hydroxylation sites is 2. The molecular weight excluding hydrogens is 394 g/mol. The van der Waals surface area contributed by atoms with E-state index in [-0.39, 0.29) is 0 Å². The quantitative estimate of drug-likeness (QED) is 0.215. The molecule has 0 saturated heterocycles. The number of nitrogens with zero attached hydrogens (tertiary/aromatic N) is 1. The first-order valence-corrected chi connectivity index (χ1v) is 14.2. The number of furan rings is 1. The molecule has 0 bridgehead atoms. The fourth-order valence-corrected chi connectivity index (χ4v) is 6.27. The molecule has 2 aromatic heterocycles. The van der Waals surface area contributed by atoms with Crippen molar-refractivity contribution in [2.24, 2.45) is 0 Å². The van der Waals surface area contributed by atoms with Crippen LogP contribution in [-0.4, -0.2) is 13.1 Å². The first-order chi connectivity index (χ1) is 15.0. The second-order valence-corrected chi connectivity index (χ2v) is 14.3. The maximum absolute atomic E-state index is 6.32. The van der Waals surface area contributed by atoms with Gasteiger partial charge in [-0.15, -0.1) is 0 Å². The lowest BCUT2D eigenvalue weighted by atomic mass is 10.0. The van der Waals surface area contributed by atoms with Gasteiger partial charge >= 0.3 is 0 Å². The molecule has 3 heteroatoms. The highest BCUT2D eigenvalue weighted by Crippen LogP contribution is 2.36. The summed E-state index contributed by atoms with van der Waals surface area (Å²) >= 11 is 0. The zero-order valence-electron chi connectivity index (χ0n) is 17.9. The molecule has 0 saturated carbocycles. The minimum atomic E-state index is -1.65. The fourth-order valence-electron chi connectivity index (χ4n) is 4.69. The van der Waals surface area contributed by atoms with Crippen molar-refractivity contribution in [3.8, 4) is 11.3 Å². The molecule has 0 unspecified atom stereocenters. The number of pyridine rings is 1. The lowest BCUT2D eigenvalue weighted by Crippen LogP contribution is -2.38. The second-order valence-electron chi connectivity index (χ2n) is 9.27. The molecule has 2 heterocycles. The molecular formula is C28H23NOSi. The van der Waals surface area contributed by atoms with E-state index in [0.29, 0.717) is 0 Å². The van der Waals surface area contributed by atoms with Gasteiger partial charge in [0, 0.05) is 21.7 Å². The molecule has 0 radical (unpaired) electrons. The van der Waals surface area contributed by atoms with Crippen molar-refractivity contribution in [2.75, 3.05) is 0 Å². The van der Waals surface area contributed by atoms with Crippen molar-refractivity contribution in [3.63, 3.8) is 0 Å². The Morgan fingerprint density at radius 2 is 1.45 bits per heavy atom. The van der Waals surface area contributed by atoms with Gasteiger partial charge in [-0.3, -0.25) is 0 Å². The Kier molecular flexibility index (Phi) is 3.86. The third-order valence-electron chi connectivity index (χ3n) is 6.19. The van der Waals surface area contributed by atoms with E-state index in [9.17, 15) is 0 Å². The normalized spacial score (nSPS) is 12.4. The van der Waals surface area contributed by atoms with Gasteiger partial charge in [0.25, 0.3) is 0 Å². The number of hydrogen-bond donors (Lipinski definition) is 0. The number of rotatable bonds is 2. The average molecular weight is 418 g/mol. The minimum absolute atomic E-state index is 0.915. The predicted octanol–water partition coefficient (Wildman–Crippen LogP) is 7.50. The van der Waals surface area contributed by atoms with Gasteiger partial charge in [-0.25, -0.2) is 4.98 Å². The topological polar surface area (TPSA) is 26.0 Å². The number of benzene rings is 4. The molecule has 4 aromatic carbocycles. The van der Waals surface area contributed by atoms with Crippen LogP contribution < -0.4 is 5.19 Å². The van der Waals surface area contributed by atoms with Crippen LogP contribution >= 0.6 is 0 Å². The minimum Gasteiger partial charge on any atom is -0.455 e. The largest absolute Gasteiger partial charge is 0.455 e. The maximum atomic E-state index is 6.32. The highest BCUT2D eigenvalue weighted by Gasteiger charge is 2.23. The average Bonchev–Trinajstić information content (AvgIpc) is 3.16. The highest BCUT2D eigenvalue weighted by molar-refractivity contribution is 6.90. The summed E-state index contributed by atoms with van der Waals surface area (Å²) in [6.45, 7) is 7.24. The Morgan fingerprint density at radius 3 is 2.29 bits per heavy atom. The predicted molar refractivity (Wildman–Crippen MR) is 135 cm³/mol. The van der Waals surface area contributed by atoms with Crippen LogP contribution in [0.15, 0.2) is 89.3 Å². The van der Waals surface area contributed by atoms with Crippen LogP contribution in [0, 0.1) is 0 Å². The summed E-state index contributed by atoms with van der Waals surface area (Å²) in [5, 5.41) is 7.59. The smallest absolute Gasteiger partial charge is 0.144 e. The molecule has 0 fully saturated rings. The van der Waals surface area contributed by atoms with Gasteiger partial charge < -0.3 is 4.42 Å². The molecule has 0 aliphatic rings. The summed E-state index contributed by atoms with van der Waals surface area (Å²) in [7, 11) is -1.65. The van der Waals surface area contributed by atoms with Gasteiger partial charge in [0.2, 0.25) is 0 Å². The van der Waals surface area contributed by atoms with Crippen molar-refractivity contribution in [2.45, 2.75) is 19.6 Å². The number of fused-ring (bicyclic) bond motifs is 6.